The third kappa shape index (κ3) is 2.55. The van der Waals surface area contributed by atoms with Crippen LogP contribution in [0.15, 0.2) is 29.6 Å². The predicted molar refractivity (Wildman–Crippen MR) is 82.3 cm³/mol. The number of fused-ring (bicyclic) bond motifs is 1. The number of nitrogens with two attached hydrogens (primary N) is 1. The van der Waals surface area contributed by atoms with Crippen LogP contribution in [0.4, 0.5) is 5.82 Å². The van der Waals surface area contributed by atoms with Gasteiger partial charge in [-0.2, -0.15) is 0 Å². The number of thiophene rings is 1. The van der Waals surface area contributed by atoms with Crippen LogP contribution in [-0.4, -0.2) is 9.97 Å². The zero-order valence-electron chi connectivity index (χ0n) is 10.8. The summed E-state index contributed by atoms with van der Waals surface area (Å²) in [5.41, 5.74) is 6.98. The highest BCUT2D eigenvalue weighted by Crippen LogP contribution is 2.27. The molecule has 0 unspecified atom stereocenters. The van der Waals surface area contributed by atoms with Crippen LogP contribution in [0.25, 0.3) is 10.2 Å². The highest BCUT2D eigenvalue weighted by atomic mass is 35.5. The monoisotopic (exact) mass is 305 g/mol. The second-order valence-electron chi connectivity index (χ2n) is 4.39. The van der Waals surface area contributed by atoms with Gasteiger partial charge in [-0.1, -0.05) is 17.7 Å². The van der Waals surface area contributed by atoms with Gasteiger partial charge in [-0.3, -0.25) is 0 Å². The zero-order chi connectivity index (χ0) is 14.1. The zero-order valence-corrected chi connectivity index (χ0v) is 12.3. The quantitative estimate of drug-likeness (QED) is 0.799. The average molecular weight is 306 g/mol. The van der Waals surface area contributed by atoms with Crippen molar-refractivity contribution in [3.05, 3.63) is 46.1 Å². The Morgan fingerprint density at radius 1 is 1.30 bits per heavy atom. The minimum Gasteiger partial charge on any atom is -0.484 e. The lowest BCUT2D eigenvalue weighted by atomic mass is 10.2. The molecule has 2 aromatic heterocycles. The molecule has 0 aliphatic carbocycles. The smallest absolute Gasteiger partial charge is 0.169 e. The van der Waals surface area contributed by atoms with Crippen LogP contribution in [0.3, 0.4) is 0 Å². The first kappa shape index (κ1) is 13.1. The molecule has 0 radical (unpaired) electrons. The van der Waals surface area contributed by atoms with Crippen LogP contribution in [-0.2, 0) is 6.61 Å². The molecule has 0 aliphatic rings. The van der Waals surface area contributed by atoms with Crippen LogP contribution < -0.4 is 10.5 Å². The summed E-state index contributed by atoms with van der Waals surface area (Å²) in [5.74, 6) is 1.64. The minimum absolute atomic E-state index is 0.237. The molecule has 0 aliphatic heterocycles. The average Bonchev–Trinajstić information content (AvgIpc) is 2.86. The van der Waals surface area contributed by atoms with Crippen molar-refractivity contribution in [1.82, 2.24) is 9.97 Å². The van der Waals surface area contributed by atoms with E-state index in [2.05, 4.69) is 9.97 Å². The lowest BCUT2D eigenvalue weighted by molar-refractivity contribution is 0.297. The Kier molecular flexibility index (Phi) is 3.46. The van der Waals surface area contributed by atoms with Gasteiger partial charge >= 0.3 is 0 Å². The van der Waals surface area contributed by atoms with Crippen molar-refractivity contribution in [3.8, 4) is 5.75 Å². The van der Waals surface area contributed by atoms with Gasteiger partial charge in [0, 0.05) is 0 Å². The lowest BCUT2D eigenvalue weighted by Crippen LogP contribution is -2.04. The number of aryl methyl sites for hydroxylation is 1. The van der Waals surface area contributed by atoms with E-state index in [1.54, 1.807) is 0 Å². The van der Waals surface area contributed by atoms with Gasteiger partial charge in [0.1, 0.15) is 23.0 Å². The van der Waals surface area contributed by atoms with Gasteiger partial charge in [-0.15, -0.1) is 11.3 Å². The maximum absolute atomic E-state index is 6.12. The first-order valence-corrected chi connectivity index (χ1v) is 7.28. The van der Waals surface area contributed by atoms with Gasteiger partial charge < -0.3 is 10.5 Å². The second-order valence-corrected chi connectivity index (χ2v) is 5.69. The molecule has 0 fully saturated rings. The van der Waals surface area contributed by atoms with Crippen molar-refractivity contribution < 1.29 is 4.74 Å². The van der Waals surface area contributed by atoms with E-state index in [1.165, 1.54) is 11.3 Å². The highest BCUT2D eigenvalue weighted by Gasteiger charge is 2.08. The Hall–Kier alpha value is -1.85. The molecule has 3 rings (SSSR count). The van der Waals surface area contributed by atoms with Crippen molar-refractivity contribution in [2.75, 3.05) is 5.73 Å². The summed E-state index contributed by atoms with van der Waals surface area (Å²) in [6.07, 6.45) is 0. The number of ether oxygens (including phenoxy) is 1. The fourth-order valence-electron chi connectivity index (χ4n) is 1.85. The van der Waals surface area contributed by atoms with Gasteiger partial charge in [0.2, 0.25) is 0 Å². The molecule has 0 saturated carbocycles. The molecular formula is C14H12ClN3OS. The molecule has 0 saturated heterocycles. The number of halogens is 1. The van der Waals surface area contributed by atoms with E-state index in [1.807, 2.05) is 36.6 Å². The molecule has 1 aromatic carbocycles. The summed E-state index contributed by atoms with van der Waals surface area (Å²) in [6, 6.07) is 7.55. The number of aromatic nitrogens is 2. The largest absolute Gasteiger partial charge is 0.484 e. The maximum Gasteiger partial charge on any atom is 0.169 e. The Balaban J connectivity index is 1.82. The van der Waals surface area contributed by atoms with Gasteiger partial charge in [0.05, 0.1) is 10.4 Å². The SMILES string of the molecule is Cc1ccc(OCc2nc(N)c3ccsc3n2)c(Cl)c1. The van der Waals surface area contributed by atoms with Crippen LogP contribution in [0, 0.1) is 6.92 Å². The molecule has 6 heteroatoms. The molecule has 20 heavy (non-hydrogen) atoms. The lowest BCUT2D eigenvalue weighted by Gasteiger charge is -2.08. The molecule has 3 aromatic rings. The number of rotatable bonds is 3. The fourth-order valence-corrected chi connectivity index (χ4v) is 2.93. The third-order valence-electron chi connectivity index (χ3n) is 2.85. The number of hydrogen-bond donors (Lipinski definition) is 1. The van der Waals surface area contributed by atoms with Crippen LogP contribution in [0.5, 0.6) is 5.75 Å². The van der Waals surface area contributed by atoms with Crippen molar-refractivity contribution in [3.63, 3.8) is 0 Å². The Morgan fingerprint density at radius 3 is 2.95 bits per heavy atom. The van der Waals surface area contributed by atoms with E-state index < -0.39 is 0 Å². The number of benzene rings is 1. The number of anilines is 1. The summed E-state index contributed by atoms with van der Waals surface area (Å²) in [6.45, 7) is 2.21. The second kappa shape index (κ2) is 5.26. The van der Waals surface area contributed by atoms with E-state index in [0.717, 1.165) is 15.8 Å². The maximum atomic E-state index is 6.12. The molecule has 2 heterocycles. The minimum atomic E-state index is 0.237. The molecular weight excluding hydrogens is 294 g/mol. The number of nitrogens with zero attached hydrogens (tertiary/aromatic N) is 2. The molecule has 2 N–H and O–H groups in total. The first-order chi connectivity index (χ1) is 9.63. The fraction of sp³-hybridized carbons (Fsp3) is 0.143. The van der Waals surface area contributed by atoms with E-state index >= 15 is 0 Å². The summed E-state index contributed by atoms with van der Waals surface area (Å²) in [5, 5.41) is 3.40. The summed E-state index contributed by atoms with van der Waals surface area (Å²) in [4.78, 5) is 9.53. The number of nitrogen functional groups attached to an aromatic ring is 1. The van der Waals surface area contributed by atoms with Crippen LogP contribution >= 0.6 is 22.9 Å². The van der Waals surface area contributed by atoms with E-state index in [4.69, 9.17) is 22.1 Å². The Bertz CT molecular complexity index is 772. The number of hydrogen-bond acceptors (Lipinski definition) is 5. The molecule has 0 atom stereocenters. The molecule has 0 spiro atoms. The van der Waals surface area contributed by atoms with Crippen LogP contribution in [0.2, 0.25) is 5.02 Å². The Labute approximate surface area is 125 Å². The van der Waals surface area contributed by atoms with Crippen molar-refractivity contribution in [2.45, 2.75) is 13.5 Å². The van der Waals surface area contributed by atoms with Gasteiger partial charge in [-0.05, 0) is 36.1 Å². The van der Waals surface area contributed by atoms with Gasteiger partial charge in [-0.25, -0.2) is 9.97 Å². The standard InChI is InChI=1S/C14H12ClN3OS/c1-8-2-3-11(10(15)6-8)19-7-12-17-13(16)9-4-5-20-14(9)18-12/h2-6H,7H2,1H3,(H2,16,17,18). The van der Waals surface area contributed by atoms with E-state index in [0.29, 0.717) is 22.4 Å². The van der Waals surface area contributed by atoms with E-state index in [-0.39, 0.29) is 6.61 Å². The summed E-state index contributed by atoms with van der Waals surface area (Å²) in [7, 11) is 0. The van der Waals surface area contributed by atoms with Crippen molar-refractivity contribution in [1.29, 1.82) is 0 Å². The van der Waals surface area contributed by atoms with Crippen LogP contribution in [0.1, 0.15) is 11.4 Å². The van der Waals surface area contributed by atoms with Crippen molar-refractivity contribution in [2.24, 2.45) is 0 Å². The highest BCUT2D eigenvalue weighted by molar-refractivity contribution is 7.16. The normalized spacial score (nSPS) is 10.9. The van der Waals surface area contributed by atoms with Gasteiger partial charge in [0.15, 0.2) is 5.82 Å². The topological polar surface area (TPSA) is 61.0 Å². The van der Waals surface area contributed by atoms with Crippen molar-refractivity contribution >= 4 is 39.0 Å². The third-order valence-corrected chi connectivity index (χ3v) is 3.95. The Morgan fingerprint density at radius 2 is 2.15 bits per heavy atom. The summed E-state index contributed by atoms with van der Waals surface area (Å²) < 4.78 is 5.65. The molecule has 4 nitrogen and oxygen atoms in total. The van der Waals surface area contributed by atoms with E-state index in [9.17, 15) is 0 Å². The predicted octanol–water partition coefficient (Wildman–Crippen LogP) is 3.81. The first-order valence-electron chi connectivity index (χ1n) is 6.02. The van der Waals surface area contributed by atoms with Gasteiger partial charge in [0.25, 0.3) is 0 Å². The molecule has 0 bridgehead atoms. The summed E-state index contributed by atoms with van der Waals surface area (Å²) >= 11 is 7.65. The molecule has 0 amide bonds. The molecule has 102 valence electrons.